The predicted molar refractivity (Wildman–Crippen MR) is 105 cm³/mol. The standard InChI is InChI=1S/C21H26N4O2/c22-21(27)18-5-7-19(8-6-18)24-20(26)9-12-25-11-2-4-17(15-25)13-16-3-1-10-23-14-16/h1,3,5-8,10,14,17H,2,4,9,11-13,15H2,(H2,22,27)(H,24,26)/t17-/m1/s1. The second-order valence-electron chi connectivity index (χ2n) is 7.11. The number of aromatic nitrogens is 1. The highest BCUT2D eigenvalue weighted by atomic mass is 16.2. The summed E-state index contributed by atoms with van der Waals surface area (Å²) in [5, 5.41) is 2.87. The number of rotatable bonds is 7. The number of nitrogens with zero attached hydrogens (tertiary/aromatic N) is 2. The van der Waals surface area contributed by atoms with Gasteiger partial charge < -0.3 is 16.0 Å². The van der Waals surface area contributed by atoms with E-state index < -0.39 is 5.91 Å². The molecule has 1 aromatic carbocycles. The average molecular weight is 366 g/mol. The second-order valence-corrected chi connectivity index (χ2v) is 7.11. The van der Waals surface area contributed by atoms with Crippen molar-refractivity contribution < 1.29 is 9.59 Å². The molecule has 2 amide bonds. The number of benzene rings is 1. The van der Waals surface area contributed by atoms with Crippen LogP contribution in [0, 0.1) is 5.92 Å². The zero-order valence-corrected chi connectivity index (χ0v) is 15.4. The van der Waals surface area contributed by atoms with Gasteiger partial charge in [-0.3, -0.25) is 14.6 Å². The van der Waals surface area contributed by atoms with Crippen molar-refractivity contribution in [2.75, 3.05) is 25.0 Å². The molecule has 1 aliphatic heterocycles. The van der Waals surface area contributed by atoms with Crippen molar-refractivity contribution in [3.63, 3.8) is 0 Å². The summed E-state index contributed by atoms with van der Waals surface area (Å²) in [6.45, 7) is 2.83. The highest BCUT2D eigenvalue weighted by Crippen LogP contribution is 2.20. The van der Waals surface area contributed by atoms with Gasteiger partial charge in [0.25, 0.3) is 0 Å². The number of primary amides is 1. The number of hydrogen-bond donors (Lipinski definition) is 2. The smallest absolute Gasteiger partial charge is 0.248 e. The molecule has 0 bridgehead atoms. The summed E-state index contributed by atoms with van der Waals surface area (Å²) in [5.41, 5.74) is 7.61. The monoisotopic (exact) mass is 366 g/mol. The highest BCUT2D eigenvalue weighted by Gasteiger charge is 2.20. The number of nitrogens with one attached hydrogen (secondary N) is 1. The Morgan fingerprint density at radius 1 is 1.22 bits per heavy atom. The Hall–Kier alpha value is -2.73. The van der Waals surface area contributed by atoms with Crippen molar-refractivity contribution >= 4 is 17.5 Å². The summed E-state index contributed by atoms with van der Waals surface area (Å²) in [6.07, 6.45) is 7.64. The number of pyridine rings is 1. The molecule has 2 heterocycles. The van der Waals surface area contributed by atoms with Crippen LogP contribution in [0.15, 0.2) is 48.8 Å². The Morgan fingerprint density at radius 2 is 2.04 bits per heavy atom. The Bertz CT molecular complexity index is 762. The quantitative estimate of drug-likeness (QED) is 0.788. The molecule has 0 unspecified atom stereocenters. The SMILES string of the molecule is NC(=O)c1ccc(NC(=O)CCN2CCC[C@H](Cc3cccnc3)C2)cc1. The number of hydrogen-bond acceptors (Lipinski definition) is 4. The molecule has 142 valence electrons. The minimum atomic E-state index is -0.473. The number of amides is 2. The molecule has 0 aliphatic carbocycles. The Labute approximate surface area is 159 Å². The van der Waals surface area contributed by atoms with E-state index in [0.29, 0.717) is 23.6 Å². The van der Waals surface area contributed by atoms with Crippen molar-refractivity contribution in [3.8, 4) is 0 Å². The van der Waals surface area contributed by atoms with Crippen molar-refractivity contribution in [2.45, 2.75) is 25.7 Å². The number of carbonyl (C=O) groups is 2. The predicted octanol–water partition coefficient (Wildman–Crippen LogP) is 2.46. The molecule has 6 nitrogen and oxygen atoms in total. The van der Waals surface area contributed by atoms with Crippen LogP contribution < -0.4 is 11.1 Å². The molecule has 1 aromatic heterocycles. The molecule has 1 atom stereocenters. The number of anilines is 1. The van der Waals surface area contributed by atoms with E-state index in [1.807, 2.05) is 12.3 Å². The number of likely N-dealkylation sites (tertiary alicyclic amines) is 1. The van der Waals surface area contributed by atoms with Crippen LogP contribution in [-0.4, -0.2) is 41.3 Å². The van der Waals surface area contributed by atoms with Crippen LogP contribution in [0.25, 0.3) is 0 Å². The molecule has 27 heavy (non-hydrogen) atoms. The maximum Gasteiger partial charge on any atom is 0.248 e. The van der Waals surface area contributed by atoms with Gasteiger partial charge in [-0.2, -0.15) is 0 Å². The van der Waals surface area contributed by atoms with Crippen LogP contribution >= 0.6 is 0 Å². The molecular formula is C21H26N4O2. The Morgan fingerprint density at radius 3 is 2.74 bits per heavy atom. The van der Waals surface area contributed by atoms with Crippen molar-refractivity contribution in [3.05, 3.63) is 59.9 Å². The molecule has 2 aromatic rings. The minimum absolute atomic E-state index is 0.0174. The van der Waals surface area contributed by atoms with Gasteiger partial charge in [-0.15, -0.1) is 0 Å². The van der Waals surface area contributed by atoms with Gasteiger partial charge in [0.2, 0.25) is 11.8 Å². The summed E-state index contributed by atoms with van der Waals surface area (Å²) >= 11 is 0. The van der Waals surface area contributed by atoms with Crippen LogP contribution in [0.4, 0.5) is 5.69 Å². The van der Waals surface area contributed by atoms with Crippen LogP contribution in [0.2, 0.25) is 0 Å². The first-order valence-corrected chi connectivity index (χ1v) is 9.41. The van der Waals surface area contributed by atoms with Gasteiger partial charge in [0.15, 0.2) is 0 Å². The van der Waals surface area contributed by atoms with E-state index in [2.05, 4.69) is 21.3 Å². The van der Waals surface area contributed by atoms with Gasteiger partial charge in [0, 0.05) is 43.2 Å². The third-order valence-corrected chi connectivity index (χ3v) is 4.96. The molecule has 6 heteroatoms. The summed E-state index contributed by atoms with van der Waals surface area (Å²) in [6, 6.07) is 10.7. The Balaban J connectivity index is 1.43. The summed E-state index contributed by atoms with van der Waals surface area (Å²) in [4.78, 5) is 29.9. The number of piperidine rings is 1. The van der Waals surface area contributed by atoms with E-state index in [1.165, 1.54) is 18.4 Å². The Kier molecular flexibility index (Phi) is 6.54. The number of nitrogens with two attached hydrogens (primary N) is 1. The molecule has 3 N–H and O–H groups in total. The molecule has 0 spiro atoms. The van der Waals surface area contributed by atoms with E-state index in [9.17, 15) is 9.59 Å². The lowest BCUT2D eigenvalue weighted by Gasteiger charge is -2.32. The van der Waals surface area contributed by atoms with Gasteiger partial charge in [0.05, 0.1) is 0 Å². The average Bonchev–Trinajstić information content (AvgIpc) is 2.68. The van der Waals surface area contributed by atoms with Crippen molar-refractivity contribution in [1.82, 2.24) is 9.88 Å². The zero-order chi connectivity index (χ0) is 19.1. The van der Waals surface area contributed by atoms with E-state index in [-0.39, 0.29) is 5.91 Å². The van der Waals surface area contributed by atoms with Crippen LogP contribution in [0.5, 0.6) is 0 Å². The highest BCUT2D eigenvalue weighted by molar-refractivity contribution is 5.94. The lowest BCUT2D eigenvalue weighted by Crippen LogP contribution is -2.38. The molecular weight excluding hydrogens is 340 g/mol. The third-order valence-electron chi connectivity index (χ3n) is 4.96. The normalized spacial score (nSPS) is 17.4. The maximum atomic E-state index is 12.2. The van der Waals surface area contributed by atoms with Gasteiger partial charge >= 0.3 is 0 Å². The van der Waals surface area contributed by atoms with E-state index in [1.54, 1.807) is 30.5 Å². The third kappa shape index (κ3) is 5.89. The van der Waals surface area contributed by atoms with E-state index in [4.69, 9.17) is 5.73 Å². The molecule has 3 rings (SSSR count). The van der Waals surface area contributed by atoms with Gasteiger partial charge in [-0.05, 0) is 67.6 Å². The molecule has 0 saturated carbocycles. The molecule has 1 fully saturated rings. The first-order valence-electron chi connectivity index (χ1n) is 9.41. The summed E-state index contributed by atoms with van der Waals surface area (Å²) < 4.78 is 0. The van der Waals surface area contributed by atoms with E-state index >= 15 is 0 Å². The van der Waals surface area contributed by atoms with Gasteiger partial charge in [0.1, 0.15) is 0 Å². The number of carbonyl (C=O) groups excluding carboxylic acids is 2. The van der Waals surface area contributed by atoms with Crippen LogP contribution in [0.3, 0.4) is 0 Å². The van der Waals surface area contributed by atoms with E-state index in [0.717, 1.165) is 26.1 Å². The van der Waals surface area contributed by atoms with Crippen molar-refractivity contribution in [2.24, 2.45) is 11.7 Å². The first-order chi connectivity index (χ1) is 13.1. The summed E-state index contributed by atoms with van der Waals surface area (Å²) in [5.74, 6) is 0.127. The fourth-order valence-corrected chi connectivity index (χ4v) is 3.57. The fraction of sp³-hybridized carbons (Fsp3) is 0.381. The largest absolute Gasteiger partial charge is 0.366 e. The lowest BCUT2D eigenvalue weighted by atomic mass is 9.92. The van der Waals surface area contributed by atoms with Crippen molar-refractivity contribution in [1.29, 1.82) is 0 Å². The fourth-order valence-electron chi connectivity index (χ4n) is 3.57. The topological polar surface area (TPSA) is 88.3 Å². The lowest BCUT2D eigenvalue weighted by molar-refractivity contribution is -0.116. The van der Waals surface area contributed by atoms with Crippen LogP contribution in [-0.2, 0) is 11.2 Å². The molecule has 1 saturated heterocycles. The summed E-state index contributed by atoms with van der Waals surface area (Å²) in [7, 11) is 0. The first kappa shape index (κ1) is 19.0. The van der Waals surface area contributed by atoms with Gasteiger partial charge in [-0.1, -0.05) is 6.07 Å². The van der Waals surface area contributed by atoms with Gasteiger partial charge in [-0.25, -0.2) is 0 Å². The maximum absolute atomic E-state index is 12.2. The second kappa shape index (κ2) is 9.28. The zero-order valence-electron chi connectivity index (χ0n) is 15.4. The molecule has 0 radical (unpaired) electrons. The van der Waals surface area contributed by atoms with Crippen LogP contribution in [0.1, 0.15) is 35.2 Å². The minimum Gasteiger partial charge on any atom is -0.366 e. The molecule has 1 aliphatic rings.